The number of nitrogens with zero attached hydrogens (tertiary/aromatic N) is 1. The van der Waals surface area contributed by atoms with Gasteiger partial charge < -0.3 is 15.0 Å². The Kier molecular flexibility index (Phi) is 5.65. The number of ether oxygens (including phenoxy) is 1. The summed E-state index contributed by atoms with van der Waals surface area (Å²) < 4.78 is 5.43. The molecule has 0 spiro atoms. The van der Waals surface area contributed by atoms with Crippen molar-refractivity contribution in [1.29, 1.82) is 0 Å². The molecule has 1 aliphatic heterocycles. The number of carbonyl (C=O) groups excluding carboxylic acids is 1. The molecule has 2 unspecified atom stereocenters. The molecule has 0 saturated carbocycles. The van der Waals surface area contributed by atoms with E-state index in [1.54, 1.807) is 0 Å². The average Bonchev–Trinajstić information content (AvgIpc) is 2.24. The van der Waals surface area contributed by atoms with E-state index in [9.17, 15) is 4.79 Å². The molecule has 1 amide bonds. The van der Waals surface area contributed by atoms with Crippen LogP contribution in [0.4, 0.5) is 4.79 Å². The minimum absolute atomic E-state index is 0.179. The van der Waals surface area contributed by atoms with Gasteiger partial charge in [0.25, 0.3) is 0 Å². The summed E-state index contributed by atoms with van der Waals surface area (Å²) in [5.41, 5.74) is -0.410. The lowest BCUT2D eigenvalue weighted by Gasteiger charge is -2.38. The maximum Gasteiger partial charge on any atom is 0.410 e. The van der Waals surface area contributed by atoms with Gasteiger partial charge in [-0.3, -0.25) is 0 Å². The molecule has 0 aromatic rings. The molecule has 1 fully saturated rings. The second kappa shape index (κ2) is 6.60. The van der Waals surface area contributed by atoms with Gasteiger partial charge in [0.05, 0.1) is 0 Å². The number of hydrogen-bond acceptors (Lipinski definition) is 3. The molecule has 19 heavy (non-hydrogen) atoms. The van der Waals surface area contributed by atoms with E-state index in [2.05, 4.69) is 26.1 Å². The highest BCUT2D eigenvalue weighted by molar-refractivity contribution is 5.68. The third-order valence-corrected chi connectivity index (χ3v) is 3.35. The molecule has 4 nitrogen and oxygen atoms in total. The van der Waals surface area contributed by atoms with Gasteiger partial charge in [0.2, 0.25) is 0 Å². The van der Waals surface area contributed by atoms with Crippen LogP contribution in [0.5, 0.6) is 0 Å². The van der Waals surface area contributed by atoms with E-state index in [0.717, 1.165) is 26.1 Å². The number of carbonyl (C=O) groups is 1. The van der Waals surface area contributed by atoms with Crippen LogP contribution in [-0.4, -0.2) is 42.3 Å². The second-order valence-corrected chi connectivity index (χ2v) is 7.10. The van der Waals surface area contributed by atoms with Gasteiger partial charge in [0, 0.05) is 19.1 Å². The summed E-state index contributed by atoms with van der Waals surface area (Å²) in [6, 6.07) is 0.515. The number of rotatable bonds is 3. The van der Waals surface area contributed by atoms with Crippen LogP contribution in [0.1, 0.15) is 48.0 Å². The first-order chi connectivity index (χ1) is 8.69. The highest BCUT2D eigenvalue weighted by Gasteiger charge is 2.30. The Bertz CT molecular complexity index is 297. The van der Waals surface area contributed by atoms with Crippen molar-refractivity contribution in [1.82, 2.24) is 10.2 Å². The summed E-state index contributed by atoms with van der Waals surface area (Å²) in [7, 11) is 0. The number of likely N-dealkylation sites (tertiary alicyclic amines) is 1. The van der Waals surface area contributed by atoms with Gasteiger partial charge in [0.1, 0.15) is 5.60 Å². The fourth-order valence-electron chi connectivity index (χ4n) is 2.33. The Morgan fingerprint density at radius 2 is 2.05 bits per heavy atom. The fourth-order valence-corrected chi connectivity index (χ4v) is 2.33. The van der Waals surface area contributed by atoms with E-state index in [1.165, 1.54) is 0 Å². The van der Waals surface area contributed by atoms with Gasteiger partial charge in [-0.2, -0.15) is 0 Å². The average molecular weight is 270 g/mol. The van der Waals surface area contributed by atoms with Crippen LogP contribution in [-0.2, 0) is 4.74 Å². The molecular weight excluding hydrogens is 240 g/mol. The Morgan fingerprint density at radius 3 is 2.53 bits per heavy atom. The fraction of sp³-hybridized carbons (Fsp3) is 0.933. The van der Waals surface area contributed by atoms with Crippen molar-refractivity contribution in [2.75, 3.05) is 19.6 Å². The van der Waals surface area contributed by atoms with E-state index < -0.39 is 5.60 Å². The molecule has 1 aliphatic rings. The number of piperidine rings is 1. The van der Waals surface area contributed by atoms with Gasteiger partial charge in [-0.05, 0) is 45.6 Å². The summed E-state index contributed by atoms with van der Waals surface area (Å²) in [5, 5.41) is 3.60. The summed E-state index contributed by atoms with van der Waals surface area (Å²) in [5.74, 6) is 1.14. The van der Waals surface area contributed by atoms with E-state index in [1.807, 2.05) is 25.7 Å². The lowest BCUT2D eigenvalue weighted by molar-refractivity contribution is 0.0142. The summed E-state index contributed by atoms with van der Waals surface area (Å²) >= 11 is 0. The third-order valence-electron chi connectivity index (χ3n) is 3.35. The minimum Gasteiger partial charge on any atom is -0.444 e. The van der Waals surface area contributed by atoms with Crippen LogP contribution in [0.25, 0.3) is 0 Å². The smallest absolute Gasteiger partial charge is 0.410 e. The lowest BCUT2D eigenvalue weighted by Crippen LogP contribution is -2.51. The first-order valence-electron chi connectivity index (χ1n) is 7.40. The van der Waals surface area contributed by atoms with Gasteiger partial charge in [0.15, 0.2) is 0 Å². The van der Waals surface area contributed by atoms with Crippen molar-refractivity contribution < 1.29 is 9.53 Å². The number of nitrogens with one attached hydrogen (secondary N) is 1. The molecule has 1 saturated heterocycles. The first kappa shape index (κ1) is 16.3. The normalized spacial score (nSPS) is 24.7. The topological polar surface area (TPSA) is 41.6 Å². The predicted molar refractivity (Wildman–Crippen MR) is 78.2 cm³/mol. The minimum atomic E-state index is -0.410. The van der Waals surface area contributed by atoms with Crippen LogP contribution in [0.15, 0.2) is 0 Å². The van der Waals surface area contributed by atoms with Crippen LogP contribution >= 0.6 is 0 Å². The van der Waals surface area contributed by atoms with E-state index in [4.69, 9.17) is 4.74 Å². The van der Waals surface area contributed by atoms with Crippen molar-refractivity contribution in [3.05, 3.63) is 0 Å². The van der Waals surface area contributed by atoms with E-state index in [-0.39, 0.29) is 6.09 Å². The highest BCUT2D eigenvalue weighted by atomic mass is 16.6. The van der Waals surface area contributed by atoms with Crippen molar-refractivity contribution in [3.8, 4) is 0 Å². The molecule has 0 bridgehead atoms. The monoisotopic (exact) mass is 270 g/mol. The molecule has 1 rings (SSSR count). The predicted octanol–water partition coefficient (Wildman–Crippen LogP) is 2.88. The molecular formula is C15H30N2O2. The number of hydrogen-bond donors (Lipinski definition) is 1. The summed E-state index contributed by atoms with van der Waals surface area (Å²) in [6.45, 7) is 15.0. The standard InChI is InChI=1S/C15H30N2O2/c1-11(2)9-16-13-7-8-17(10-12(13)3)14(18)19-15(4,5)6/h11-13,16H,7-10H2,1-6H3. The van der Waals surface area contributed by atoms with Crippen LogP contribution in [0.3, 0.4) is 0 Å². The van der Waals surface area contributed by atoms with Crippen LogP contribution in [0, 0.1) is 11.8 Å². The number of amides is 1. The van der Waals surface area contributed by atoms with Crippen molar-refractivity contribution in [2.45, 2.75) is 59.6 Å². The third kappa shape index (κ3) is 5.81. The Hall–Kier alpha value is -0.770. The maximum atomic E-state index is 12.0. The van der Waals surface area contributed by atoms with Crippen LogP contribution in [0.2, 0.25) is 0 Å². The van der Waals surface area contributed by atoms with E-state index in [0.29, 0.717) is 17.9 Å². The molecule has 0 aliphatic carbocycles. The Morgan fingerprint density at radius 1 is 1.42 bits per heavy atom. The Labute approximate surface area is 117 Å². The molecule has 1 N–H and O–H groups in total. The molecule has 112 valence electrons. The SMILES string of the molecule is CC(C)CNC1CCN(C(=O)OC(C)(C)C)CC1C. The van der Waals surface area contributed by atoms with Crippen LogP contribution < -0.4 is 5.32 Å². The Balaban J connectivity index is 2.42. The van der Waals surface area contributed by atoms with Gasteiger partial charge in [-0.1, -0.05) is 20.8 Å². The van der Waals surface area contributed by atoms with Crippen molar-refractivity contribution >= 4 is 6.09 Å². The highest BCUT2D eigenvalue weighted by Crippen LogP contribution is 2.19. The molecule has 0 aromatic carbocycles. The van der Waals surface area contributed by atoms with Gasteiger partial charge in [-0.25, -0.2) is 4.79 Å². The summed E-state index contributed by atoms with van der Waals surface area (Å²) in [4.78, 5) is 13.9. The molecule has 0 radical (unpaired) electrons. The van der Waals surface area contributed by atoms with Gasteiger partial charge >= 0.3 is 6.09 Å². The second-order valence-electron chi connectivity index (χ2n) is 7.10. The lowest BCUT2D eigenvalue weighted by atomic mass is 9.93. The maximum absolute atomic E-state index is 12.0. The first-order valence-corrected chi connectivity index (χ1v) is 7.40. The van der Waals surface area contributed by atoms with Crippen molar-refractivity contribution in [2.24, 2.45) is 11.8 Å². The largest absolute Gasteiger partial charge is 0.444 e. The summed E-state index contributed by atoms with van der Waals surface area (Å²) in [6.07, 6.45) is 0.828. The molecule has 4 heteroatoms. The van der Waals surface area contributed by atoms with Crippen molar-refractivity contribution in [3.63, 3.8) is 0 Å². The molecule has 0 aromatic heterocycles. The van der Waals surface area contributed by atoms with E-state index >= 15 is 0 Å². The molecule has 1 heterocycles. The zero-order chi connectivity index (χ0) is 14.6. The quantitative estimate of drug-likeness (QED) is 0.857. The molecule has 2 atom stereocenters. The van der Waals surface area contributed by atoms with Gasteiger partial charge in [-0.15, -0.1) is 0 Å². The zero-order valence-electron chi connectivity index (χ0n) is 13.3. The zero-order valence-corrected chi connectivity index (χ0v) is 13.3.